The molecular formula is C24H15. The van der Waals surface area contributed by atoms with E-state index in [-0.39, 0.29) is 0 Å². The molecule has 111 valence electrons. The second-order valence-electron chi connectivity index (χ2n) is 6.14. The fourth-order valence-electron chi connectivity index (χ4n) is 3.68. The third kappa shape index (κ3) is 1.93. The van der Waals surface area contributed by atoms with Crippen LogP contribution in [0.2, 0.25) is 0 Å². The summed E-state index contributed by atoms with van der Waals surface area (Å²) in [6.45, 7) is 0. The van der Waals surface area contributed by atoms with Gasteiger partial charge in [0, 0.05) is 0 Å². The lowest BCUT2D eigenvalue weighted by Gasteiger charge is -2.13. The normalized spacial score (nSPS) is 11.3. The van der Waals surface area contributed by atoms with Gasteiger partial charge in [0.05, 0.1) is 0 Å². The number of benzene rings is 5. The van der Waals surface area contributed by atoms with E-state index in [9.17, 15) is 0 Å². The Balaban J connectivity index is 1.98. The lowest BCUT2D eigenvalue weighted by molar-refractivity contribution is 1.69. The summed E-state index contributed by atoms with van der Waals surface area (Å²) in [6.07, 6.45) is 0. The van der Waals surface area contributed by atoms with Gasteiger partial charge in [-0.25, -0.2) is 0 Å². The van der Waals surface area contributed by atoms with Crippen LogP contribution >= 0.6 is 0 Å². The van der Waals surface area contributed by atoms with Gasteiger partial charge in [-0.1, -0.05) is 78.9 Å². The molecule has 0 heteroatoms. The van der Waals surface area contributed by atoms with Crippen molar-refractivity contribution in [3.05, 3.63) is 97.1 Å². The number of fused-ring (bicyclic) bond motifs is 4. The van der Waals surface area contributed by atoms with Crippen molar-refractivity contribution in [2.45, 2.75) is 0 Å². The zero-order valence-corrected chi connectivity index (χ0v) is 13.2. The molecular weight excluding hydrogens is 288 g/mol. The van der Waals surface area contributed by atoms with E-state index in [0.717, 1.165) is 0 Å². The molecule has 0 saturated heterocycles. The largest absolute Gasteiger partial charge is 0.0616 e. The van der Waals surface area contributed by atoms with Crippen molar-refractivity contribution in [2.75, 3.05) is 0 Å². The van der Waals surface area contributed by atoms with Crippen molar-refractivity contribution < 1.29 is 0 Å². The third-order valence-electron chi connectivity index (χ3n) is 4.78. The summed E-state index contributed by atoms with van der Waals surface area (Å²) in [7, 11) is 0. The van der Waals surface area contributed by atoms with Crippen LogP contribution in [0, 0.1) is 6.07 Å². The molecule has 0 aliphatic rings. The monoisotopic (exact) mass is 303 g/mol. The molecule has 1 radical (unpaired) electrons. The second kappa shape index (κ2) is 5.21. The Hall–Kier alpha value is -3.12. The molecule has 0 aliphatic heterocycles. The van der Waals surface area contributed by atoms with Gasteiger partial charge in [-0.3, -0.25) is 0 Å². The Morgan fingerprint density at radius 2 is 1.25 bits per heavy atom. The number of rotatable bonds is 1. The van der Waals surface area contributed by atoms with Crippen molar-refractivity contribution in [3.8, 4) is 11.1 Å². The van der Waals surface area contributed by atoms with E-state index >= 15 is 0 Å². The van der Waals surface area contributed by atoms with E-state index in [1.54, 1.807) is 0 Å². The summed E-state index contributed by atoms with van der Waals surface area (Å²) >= 11 is 0. The van der Waals surface area contributed by atoms with Crippen LogP contribution in [0.1, 0.15) is 0 Å². The Morgan fingerprint density at radius 3 is 2.17 bits per heavy atom. The van der Waals surface area contributed by atoms with E-state index in [0.29, 0.717) is 0 Å². The summed E-state index contributed by atoms with van der Waals surface area (Å²) in [5.74, 6) is 0. The molecule has 0 saturated carbocycles. The van der Waals surface area contributed by atoms with Crippen LogP contribution in [-0.4, -0.2) is 0 Å². The zero-order valence-electron chi connectivity index (χ0n) is 13.2. The van der Waals surface area contributed by atoms with Crippen molar-refractivity contribution in [3.63, 3.8) is 0 Å². The van der Waals surface area contributed by atoms with Crippen molar-refractivity contribution in [1.29, 1.82) is 0 Å². The first-order chi connectivity index (χ1) is 11.9. The van der Waals surface area contributed by atoms with Gasteiger partial charge < -0.3 is 0 Å². The van der Waals surface area contributed by atoms with Crippen molar-refractivity contribution in [1.82, 2.24) is 0 Å². The topological polar surface area (TPSA) is 0 Å². The lowest BCUT2D eigenvalue weighted by Crippen LogP contribution is -1.86. The first kappa shape index (κ1) is 13.3. The van der Waals surface area contributed by atoms with Gasteiger partial charge in [-0.15, -0.1) is 0 Å². The summed E-state index contributed by atoms with van der Waals surface area (Å²) < 4.78 is 0. The van der Waals surface area contributed by atoms with E-state index < -0.39 is 0 Å². The zero-order chi connectivity index (χ0) is 15.9. The van der Waals surface area contributed by atoms with Crippen molar-refractivity contribution >= 4 is 32.3 Å². The average Bonchev–Trinajstić information content (AvgIpc) is 2.67. The average molecular weight is 303 g/mol. The fourth-order valence-corrected chi connectivity index (χ4v) is 3.68. The minimum absolute atomic E-state index is 1.23. The van der Waals surface area contributed by atoms with Crippen molar-refractivity contribution in [2.24, 2.45) is 0 Å². The Labute approximate surface area is 141 Å². The Morgan fingerprint density at radius 1 is 0.500 bits per heavy atom. The van der Waals surface area contributed by atoms with Gasteiger partial charge in [0.25, 0.3) is 0 Å². The summed E-state index contributed by atoms with van der Waals surface area (Å²) in [4.78, 5) is 0. The van der Waals surface area contributed by atoms with Crippen LogP contribution in [0.5, 0.6) is 0 Å². The Kier molecular flexibility index (Phi) is 2.89. The molecule has 0 atom stereocenters. The van der Waals surface area contributed by atoms with E-state index in [1.165, 1.54) is 43.4 Å². The number of hydrogen-bond acceptors (Lipinski definition) is 0. The van der Waals surface area contributed by atoms with Gasteiger partial charge >= 0.3 is 0 Å². The third-order valence-corrected chi connectivity index (χ3v) is 4.78. The van der Waals surface area contributed by atoms with Crippen LogP contribution in [0.3, 0.4) is 0 Å². The van der Waals surface area contributed by atoms with Crippen LogP contribution in [0.15, 0.2) is 91.0 Å². The summed E-state index contributed by atoms with van der Waals surface area (Å²) in [6, 6.07) is 35.5. The molecule has 0 amide bonds. The first-order valence-corrected chi connectivity index (χ1v) is 8.21. The highest BCUT2D eigenvalue weighted by Gasteiger charge is 2.10. The van der Waals surface area contributed by atoms with Crippen LogP contribution < -0.4 is 0 Å². The molecule has 0 aliphatic carbocycles. The summed E-state index contributed by atoms with van der Waals surface area (Å²) in [5, 5.41) is 7.71. The Bertz CT molecular complexity index is 1190. The van der Waals surface area contributed by atoms with E-state index in [1.807, 2.05) is 6.07 Å². The SMILES string of the molecule is [c]1ccc2c(-c3cc4ccccc4c4ccccc34)cccc2c1. The standard InChI is InChI=1S/C24H15/c1-3-11-19-17(8-1)10-7-15-22(19)24-16-18-9-2-4-12-20(18)21-13-5-6-14-23(21)24/h2-16H. The first-order valence-electron chi connectivity index (χ1n) is 8.21. The molecule has 0 N–H and O–H groups in total. The second-order valence-corrected chi connectivity index (χ2v) is 6.14. The predicted molar refractivity (Wildman–Crippen MR) is 103 cm³/mol. The maximum atomic E-state index is 3.18. The highest BCUT2D eigenvalue weighted by molar-refractivity contribution is 6.16. The van der Waals surface area contributed by atoms with E-state index in [2.05, 4.69) is 91.0 Å². The molecule has 5 rings (SSSR count). The van der Waals surface area contributed by atoms with Crippen LogP contribution in [0.25, 0.3) is 43.4 Å². The molecule has 5 aromatic rings. The van der Waals surface area contributed by atoms with Gasteiger partial charge in [0.1, 0.15) is 0 Å². The number of hydrogen-bond donors (Lipinski definition) is 0. The van der Waals surface area contributed by atoms with Gasteiger partial charge in [-0.2, -0.15) is 0 Å². The van der Waals surface area contributed by atoms with Gasteiger partial charge in [0.2, 0.25) is 0 Å². The molecule has 0 spiro atoms. The highest BCUT2D eigenvalue weighted by atomic mass is 14.1. The van der Waals surface area contributed by atoms with Crippen LogP contribution in [0.4, 0.5) is 0 Å². The maximum Gasteiger partial charge on any atom is -0.00928 e. The van der Waals surface area contributed by atoms with E-state index in [4.69, 9.17) is 0 Å². The highest BCUT2D eigenvalue weighted by Crippen LogP contribution is 2.37. The predicted octanol–water partition coefficient (Wildman–Crippen LogP) is 6.61. The summed E-state index contributed by atoms with van der Waals surface area (Å²) in [5.41, 5.74) is 2.57. The molecule has 0 unspecified atom stereocenters. The lowest BCUT2D eigenvalue weighted by atomic mass is 9.91. The molecule has 0 heterocycles. The molecule has 24 heavy (non-hydrogen) atoms. The molecule has 5 aromatic carbocycles. The molecule has 0 aromatic heterocycles. The molecule has 0 nitrogen and oxygen atoms in total. The maximum absolute atomic E-state index is 3.18. The quantitative estimate of drug-likeness (QED) is 0.305. The smallest absolute Gasteiger partial charge is 0.00928 e. The minimum Gasteiger partial charge on any atom is -0.0616 e. The molecule has 0 bridgehead atoms. The minimum atomic E-state index is 1.23. The molecule has 0 fully saturated rings. The van der Waals surface area contributed by atoms with Crippen LogP contribution in [-0.2, 0) is 0 Å². The van der Waals surface area contributed by atoms with Gasteiger partial charge in [0.15, 0.2) is 0 Å². The fraction of sp³-hybridized carbons (Fsp3) is 0. The van der Waals surface area contributed by atoms with Gasteiger partial charge in [-0.05, 0) is 61.6 Å².